The summed E-state index contributed by atoms with van der Waals surface area (Å²) < 4.78 is 28.5. The van der Waals surface area contributed by atoms with Crippen LogP contribution in [-0.2, 0) is 15.0 Å². The van der Waals surface area contributed by atoms with Crippen LogP contribution in [0.2, 0.25) is 5.02 Å². The number of anilines is 2. The fourth-order valence-corrected chi connectivity index (χ4v) is 5.10. The third kappa shape index (κ3) is 5.19. The van der Waals surface area contributed by atoms with Crippen molar-refractivity contribution in [2.75, 3.05) is 56.0 Å². The second kappa shape index (κ2) is 9.68. The van der Waals surface area contributed by atoms with E-state index < -0.39 is 10.2 Å². The van der Waals surface area contributed by atoms with E-state index in [1.54, 1.807) is 4.90 Å². The first-order chi connectivity index (χ1) is 15.0. The van der Waals surface area contributed by atoms with E-state index in [0.717, 1.165) is 26.7 Å². The van der Waals surface area contributed by atoms with Gasteiger partial charge in [0.05, 0.1) is 5.69 Å². The topological polar surface area (TPSA) is 64.2 Å². The summed E-state index contributed by atoms with van der Waals surface area (Å²) in [4.78, 5) is 17.1. The summed E-state index contributed by atoms with van der Waals surface area (Å²) in [6.45, 7) is 7.93. The van der Waals surface area contributed by atoms with Crippen LogP contribution in [0.3, 0.4) is 0 Å². The minimum atomic E-state index is -3.84. The van der Waals surface area contributed by atoms with Gasteiger partial charge in [-0.05, 0) is 55.7 Å². The summed E-state index contributed by atoms with van der Waals surface area (Å²) in [5.41, 5.74) is 4.46. The molecule has 3 rings (SSSR count). The summed E-state index contributed by atoms with van der Waals surface area (Å²) in [6, 6.07) is 11.4. The van der Waals surface area contributed by atoms with Gasteiger partial charge in [0.25, 0.3) is 0 Å². The van der Waals surface area contributed by atoms with E-state index in [9.17, 15) is 13.2 Å². The molecule has 0 spiro atoms. The second-order valence-corrected chi connectivity index (χ2v) is 10.9. The monoisotopic (exact) mass is 478 g/mol. The van der Waals surface area contributed by atoms with Crippen molar-refractivity contribution in [3.8, 4) is 0 Å². The number of carbonyl (C=O) groups is 1. The number of amides is 1. The Morgan fingerprint density at radius 2 is 1.59 bits per heavy atom. The predicted octanol–water partition coefficient (Wildman–Crippen LogP) is 3.23. The van der Waals surface area contributed by atoms with E-state index in [0.29, 0.717) is 36.9 Å². The number of rotatable bonds is 6. The highest BCUT2D eigenvalue weighted by Gasteiger charge is 2.31. The zero-order valence-electron chi connectivity index (χ0n) is 19.3. The number of nitrogens with zero attached hydrogens (tertiary/aromatic N) is 4. The van der Waals surface area contributed by atoms with E-state index >= 15 is 0 Å². The summed E-state index contributed by atoms with van der Waals surface area (Å²) >= 11 is 6.17. The largest absolute Gasteiger partial charge is 0.368 e. The highest BCUT2D eigenvalue weighted by molar-refractivity contribution is 7.90. The summed E-state index contributed by atoms with van der Waals surface area (Å²) in [6.07, 6.45) is 0. The maximum absolute atomic E-state index is 13.2. The molecule has 0 atom stereocenters. The molecule has 9 heteroatoms. The summed E-state index contributed by atoms with van der Waals surface area (Å²) in [5, 5.41) is 0.683. The van der Waals surface area contributed by atoms with Crippen molar-refractivity contribution >= 4 is 39.1 Å². The maximum Gasteiger partial charge on any atom is 0.304 e. The molecule has 0 aromatic heterocycles. The smallest absolute Gasteiger partial charge is 0.304 e. The lowest BCUT2D eigenvalue weighted by atomic mass is 10.1. The molecule has 174 valence electrons. The van der Waals surface area contributed by atoms with Crippen molar-refractivity contribution in [2.24, 2.45) is 0 Å². The Morgan fingerprint density at radius 3 is 2.22 bits per heavy atom. The van der Waals surface area contributed by atoms with Crippen LogP contribution < -0.4 is 9.21 Å². The lowest BCUT2D eigenvalue weighted by Gasteiger charge is -2.38. The van der Waals surface area contributed by atoms with Crippen LogP contribution >= 0.6 is 11.6 Å². The summed E-state index contributed by atoms with van der Waals surface area (Å²) in [5.74, 6) is -0.209. The van der Waals surface area contributed by atoms with Gasteiger partial charge in [-0.2, -0.15) is 12.7 Å². The molecule has 1 aliphatic rings. The van der Waals surface area contributed by atoms with Crippen LogP contribution in [0.4, 0.5) is 11.4 Å². The number of hydrogen-bond donors (Lipinski definition) is 0. The molecule has 0 N–H and O–H groups in total. The van der Waals surface area contributed by atoms with E-state index in [4.69, 9.17) is 11.6 Å². The van der Waals surface area contributed by atoms with Gasteiger partial charge < -0.3 is 9.80 Å². The molecule has 0 unspecified atom stereocenters. The van der Waals surface area contributed by atoms with Crippen molar-refractivity contribution in [1.29, 1.82) is 0 Å². The fourth-order valence-electron chi connectivity index (χ4n) is 3.82. The molecule has 1 fully saturated rings. The molecule has 32 heavy (non-hydrogen) atoms. The van der Waals surface area contributed by atoms with Crippen LogP contribution in [0.5, 0.6) is 0 Å². The third-order valence-corrected chi connectivity index (χ3v) is 7.84. The highest BCUT2D eigenvalue weighted by Crippen LogP contribution is 2.27. The molecular weight excluding hydrogens is 448 g/mol. The number of aryl methyl sites for hydroxylation is 3. The Bertz CT molecular complexity index is 1100. The first-order valence-corrected chi connectivity index (χ1v) is 12.3. The quantitative estimate of drug-likeness (QED) is 0.639. The highest BCUT2D eigenvalue weighted by atomic mass is 35.5. The molecule has 2 aromatic carbocycles. The second-order valence-electron chi connectivity index (χ2n) is 8.39. The van der Waals surface area contributed by atoms with E-state index in [2.05, 4.69) is 4.90 Å². The van der Waals surface area contributed by atoms with Gasteiger partial charge in [0.2, 0.25) is 5.91 Å². The van der Waals surface area contributed by atoms with Crippen LogP contribution in [0, 0.1) is 20.8 Å². The normalized spacial score (nSPS) is 14.7. The Balaban J connectivity index is 1.77. The van der Waals surface area contributed by atoms with Crippen LogP contribution in [0.15, 0.2) is 36.4 Å². The predicted molar refractivity (Wildman–Crippen MR) is 131 cm³/mol. The molecule has 0 radical (unpaired) electrons. The molecule has 1 aliphatic heterocycles. The third-order valence-electron chi connectivity index (χ3n) is 5.80. The van der Waals surface area contributed by atoms with Gasteiger partial charge in [0.15, 0.2) is 0 Å². The lowest BCUT2D eigenvalue weighted by Crippen LogP contribution is -2.53. The van der Waals surface area contributed by atoms with Crippen molar-refractivity contribution < 1.29 is 13.2 Å². The molecule has 1 heterocycles. The molecule has 0 saturated carbocycles. The van der Waals surface area contributed by atoms with E-state index in [1.807, 2.05) is 57.2 Å². The zero-order chi connectivity index (χ0) is 23.6. The number of benzene rings is 2. The molecular formula is C23H31ClN4O3S. The minimum absolute atomic E-state index is 0.209. The number of carbonyl (C=O) groups excluding carboxylic acids is 1. The Kier molecular flexibility index (Phi) is 7.37. The molecule has 7 nitrogen and oxygen atoms in total. The lowest BCUT2D eigenvalue weighted by molar-refractivity contribution is -0.129. The average Bonchev–Trinajstić information content (AvgIpc) is 2.75. The Hall–Kier alpha value is -2.29. The van der Waals surface area contributed by atoms with Gasteiger partial charge in [-0.1, -0.05) is 29.8 Å². The van der Waals surface area contributed by atoms with Gasteiger partial charge in [0.1, 0.15) is 6.54 Å². The van der Waals surface area contributed by atoms with Gasteiger partial charge >= 0.3 is 10.2 Å². The number of hydrogen-bond acceptors (Lipinski definition) is 4. The molecule has 0 bridgehead atoms. The van der Waals surface area contributed by atoms with Crippen molar-refractivity contribution in [3.63, 3.8) is 0 Å². The maximum atomic E-state index is 13.2. The molecule has 1 amide bonds. The molecule has 2 aromatic rings. The number of halogens is 1. The standard InChI is InChI=1S/C23H31ClN4O3S/c1-17-6-7-19(3)22(14-17)28(32(30,31)25(4)5)16-23(29)27-12-10-26(11-13-27)21-15-20(24)9-8-18(21)2/h6-9,14-15H,10-13,16H2,1-5H3. The summed E-state index contributed by atoms with van der Waals surface area (Å²) in [7, 11) is -0.883. The van der Waals surface area contributed by atoms with Gasteiger partial charge in [-0.15, -0.1) is 0 Å². The first kappa shape index (κ1) is 24.4. The zero-order valence-corrected chi connectivity index (χ0v) is 20.9. The van der Waals surface area contributed by atoms with Crippen LogP contribution in [-0.4, -0.2) is 70.3 Å². The van der Waals surface area contributed by atoms with Crippen molar-refractivity contribution in [2.45, 2.75) is 20.8 Å². The molecule has 1 saturated heterocycles. The van der Waals surface area contributed by atoms with Gasteiger partial charge in [-0.3, -0.25) is 4.79 Å². The Morgan fingerprint density at radius 1 is 0.969 bits per heavy atom. The van der Waals surface area contributed by atoms with E-state index in [-0.39, 0.29) is 12.5 Å². The minimum Gasteiger partial charge on any atom is -0.368 e. The SMILES string of the molecule is Cc1ccc(C)c(N(CC(=O)N2CCN(c3cc(Cl)ccc3C)CC2)S(=O)(=O)N(C)C)c1. The van der Waals surface area contributed by atoms with Gasteiger partial charge in [-0.25, -0.2) is 4.31 Å². The van der Waals surface area contributed by atoms with Gasteiger partial charge in [0, 0.05) is 51.0 Å². The van der Waals surface area contributed by atoms with Crippen molar-refractivity contribution in [3.05, 3.63) is 58.1 Å². The Labute approximate surface area is 196 Å². The first-order valence-electron chi connectivity index (χ1n) is 10.6. The number of piperazine rings is 1. The van der Waals surface area contributed by atoms with E-state index in [1.165, 1.54) is 18.4 Å². The fraction of sp³-hybridized carbons (Fsp3) is 0.435. The molecule has 0 aliphatic carbocycles. The van der Waals surface area contributed by atoms with Crippen molar-refractivity contribution in [1.82, 2.24) is 9.21 Å². The van der Waals surface area contributed by atoms with Crippen LogP contribution in [0.25, 0.3) is 0 Å². The average molecular weight is 479 g/mol. The van der Waals surface area contributed by atoms with Crippen LogP contribution in [0.1, 0.15) is 16.7 Å².